The zero-order chi connectivity index (χ0) is 21.8. The summed E-state index contributed by atoms with van der Waals surface area (Å²) in [5.74, 6) is 0.550. The normalized spacial score (nSPS) is 11.9. The predicted octanol–water partition coefficient (Wildman–Crippen LogP) is 5.10. The molecule has 30 heavy (non-hydrogen) atoms. The van der Waals surface area contributed by atoms with Crippen molar-refractivity contribution in [2.24, 2.45) is 7.05 Å². The van der Waals surface area contributed by atoms with E-state index in [1.807, 2.05) is 32.0 Å². The molecule has 0 aliphatic heterocycles. The van der Waals surface area contributed by atoms with E-state index in [0.29, 0.717) is 16.7 Å². The van der Waals surface area contributed by atoms with Gasteiger partial charge >= 0.3 is 0 Å². The number of nitrogens with zero attached hydrogens (tertiary/aromatic N) is 3. The van der Waals surface area contributed by atoms with Crippen LogP contribution in [0.1, 0.15) is 30.0 Å². The molecule has 1 heterocycles. The van der Waals surface area contributed by atoms with E-state index in [9.17, 15) is 9.18 Å². The highest BCUT2D eigenvalue weighted by Crippen LogP contribution is 2.30. The summed E-state index contributed by atoms with van der Waals surface area (Å²) >= 11 is 7.30. The summed E-state index contributed by atoms with van der Waals surface area (Å²) in [6, 6.07) is 9.84. The highest BCUT2D eigenvalue weighted by molar-refractivity contribution is 7.99. The summed E-state index contributed by atoms with van der Waals surface area (Å²) < 4.78 is 20.8. The number of rotatable bonds is 7. The van der Waals surface area contributed by atoms with Crippen LogP contribution in [-0.2, 0) is 11.8 Å². The van der Waals surface area contributed by atoms with Crippen LogP contribution in [0.25, 0.3) is 0 Å². The minimum atomic E-state index is -0.469. The zero-order valence-corrected chi connectivity index (χ0v) is 18.6. The summed E-state index contributed by atoms with van der Waals surface area (Å²) in [6.45, 7) is 5.77. The third-order valence-electron chi connectivity index (χ3n) is 4.27. The number of aromatic nitrogens is 3. The topological polar surface area (TPSA) is 69.0 Å². The van der Waals surface area contributed by atoms with E-state index in [1.165, 1.54) is 30.0 Å². The van der Waals surface area contributed by atoms with Crippen LogP contribution in [0.2, 0.25) is 5.02 Å². The molecule has 1 atom stereocenters. The number of aryl methyl sites for hydroxylation is 2. The smallest absolute Gasteiger partial charge is 0.234 e. The van der Waals surface area contributed by atoms with Crippen LogP contribution in [0.4, 0.5) is 10.1 Å². The summed E-state index contributed by atoms with van der Waals surface area (Å²) in [5.41, 5.74) is 2.95. The van der Waals surface area contributed by atoms with Crippen LogP contribution >= 0.6 is 23.4 Å². The molecule has 0 saturated heterocycles. The molecule has 1 unspecified atom stereocenters. The quantitative estimate of drug-likeness (QED) is 0.509. The van der Waals surface area contributed by atoms with Crippen molar-refractivity contribution in [3.63, 3.8) is 0 Å². The van der Waals surface area contributed by atoms with Gasteiger partial charge in [0.25, 0.3) is 0 Å². The molecule has 9 heteroatoms. The minimum Gasteiger partial charge on any atom is -0.481 e. The van der Waals surface area contributed by atoms with Gasteiger partial charge in [-0.2, -0.15) is 0 Å². The van der Waals surface area contributed by atoms with Crippen molar-refractivity contribution in [2.45, 2.75) is 32.0 Å². The Hall–Kier alpha value is -2.58. The Morgan fingerprint density at radius 3 is 2.60 bits per heavy atom. The van der Waals surface area contributed by atoms with Gasteiger partial charge in [0.05, 0.1) is 10.8 Å². The third kappa shape index (κ3) is 5.52. The van der Waals surface area contributed by atoms with Crippen LogP contribution in [-0.4, -0.2) is 26.4 Å². The van der Waals surface area contributed by atoms with Crippen LogP contribution < -0.4 is 10.1 Å². The molecule has 0 radical (unpaired) electrons. The van der Waals surface area contributed by atoms with Crippen LogP contribution in [0.3, 0.4) is 0 Å². The Bertz CT molecular complexity index is 1050. The molecule has 0 spiro atoms. The number of benzene rings is 2. The first-order valence-corrected chi connectivity index (χ1v) is 10.6. The number of ether oxygens (including phenoxy) is 1. The van der Waals surface area contributed by atoms with Crippen molar-refractivity contribution in [2.75, 3.05) is 11.1 Å². The lowest BCUT2D eigenvalue weighted by Gasteiger charge is -2.15. The maximum Gasteiger partial charge on any atom is 0.234 e. The second kappa shape index (κ2) is 9.49. The molecule has 6 nitrogen and oxygen atoms in total. The first-order chi connectivity index (χ1) is 14.2. The molecule has 1 amide bonds. The summed E-state index contributed by atoms with van der Waals surface area (Å²) in [7, 11) is 1.80. The Morgan fingerprint density at radius 1 is 1.23 bits per heavy atom. The van der Waals surface area contributed by atoms with Gasteiger partial charge in [-0.15, -0.1) is 10.2 Å². The number of halogens is 2. The Balaban J connectivity index is 1.61. The van der Waals surface area contributed by atoms with Gasteiger partial charge in [0, 0.05) is 12.7 Å². The van der Waals surface area contributed by atoms with Crippen molar-refractivity contribution in [3.05, 3.63) is 64.2 Å². The molecule has 0 saturated carbocycles. The first kappa shape index (κ1) is 22.1. The predicted molar refractivity (Wildman–Crippen MR) is 117 cm³/mol. The molecule has 158 valence electrons. The fourth-order valence-electron chi connectivity index (χ4n) is 2.99. The zero-order valence-electron chi connectivity index (χ0n) is 17.1. The standard InChI is InChI=1S/C21H22ClFN4O2S/c1-12-7-13(2)9-16(8-12)24-19(28)11-30-21-26-25-20(27(21)4)14(3)29-18-6-5-15(23)10-17(18)22/h5-10,14H,11H2,1-4H3,(H,24,28). The second-order valence-electron chi connectivity index (χ2n) is 6.95. The van der Waals surface area contributed by atoms with Gasteiger partial charge in [0.15, 0.2) is 17.1 Å². The highest BCUT2D eigenvalue weighted by atomic mass is 35.5. The second-order valence-corrected chi connectivity index (χ2v) is 8.30. The van der Waals surface area contributed by atoms with E-state index in [1.54, 1.807) is 18.5 Å². The van der Waals surface area contributed by atoms with Crippen molar-refractivity contribution < 1.29 is 13.9 Å². The van der Waals surface area contributed by atoms with E-state index in [4.69, 9.17) is 16.3 Å². The lowest BCUT2D eigenvalue weighted by atomic mass is 10.1. The van der Waals surface area contributed by atoms with Crippen molar-refractivity contribution in [1.29, 1.82) is 0 Å². The van der Waals surface area contributed by atoms with Crippen molar-refractivity contribution in [3.8, 4) is 5.75 Å². The molecule has 1 N–H and O–H groups in total. The van der Waals surface area contributed by atoms with E-state index in [-0.39, 0.29) is 16.7 Å². The van der Waals surface area contributed by atoms with Crippen LogP contribution in [0, 0.1) is 19.7 Å². The molecule has 0 bridgehead atoms. The molecular formula is C21H22ClFN4O2S. The number of carbonyl (C=O) groups excluding carboxylic acids is 1. The average Bonchev–Trinajstić information content (AvgIpc) is 3.02. The van der Waals surface area contributed by atoms with E-state index in [0.717, 1.165) is 16.8 Å². The maximum atomic E-state index is 13.2. The number of amides is 1. The molecule has 3 aromatic rings. The van der Waals surface area contributed by atoms with Crippen LogP contribution in [0.15, 0.2) is 41.6 Å². The summed E-state index contributed by atoms with van der Waals surface area (Å²) in [4.78, 5) is 12.3. The van der Waals surface area contributed by atoms with Gasteiger partial charge in [0.1, 0.15) is 11.6 Å². The number of carbonyl (C=O) groups is 1. The average molecular weight is 449 g/mol. The van der Waals surface area contributed by atoms with Gasteiger partial charge in [-0.3, -0.25) is 4.79 Å². The van der Waals surface area contributed by atoms with Gasteiger partial charge in [-0.1, -0.05) is 29.4 Å². The minimum absolute atomic E-state index is 0.128. The van der Waals surface area contributed by atoms with E-state index >= 15 is 0 Å². The van der Waals surface area contributed by atoms with Crippen molar-refractivity contribution >= 4 is 35.0 Å². The first-order valence-electron chi connectivity index (χ1n) is 9.25. The fourth-order valence-corrected chi connectivity index (χ4v) is 3.92. The lowest BCUT2D eigenvalue weighted by molar-refractivity contribution is -0.113. The van der Waals surface area contributed by atoms with E-state index < -0.39 is 11.9 Å². The third-order valence-corrected chi connectivity index (χ3v) is 5.58. The molecule has 1 aromatic heterocycles. The highest BCUT2D eigenvalue weighted by Gasteiger charge is 2.19. The lowest BCUT2D eigenvalue weighted by Crippen LogP contribution is -2.15. The Kier molecular flexibility index (Phi) is 6.99. The SMILES string of the molecule is Cc1cc(C)cc(NC(=O)CSc2nnc(C(C)Oc3ccc(F)cc3Cl)n2C)c1. The summed E-state index contributed by atoms with van der Waals surface area (Å²) in [6.07, 6.45) is -0.469. The molecule has 0 fully saturated rings. The number of hydrogen-bond acceptors (Lipinski definition) is 5. The molecule has 0 aliphatic carbocycles. The molecular weight excluding hydrogens is 427 g/mol. The maximum absolute atomic E-state index is 13.2. The van der Waals surface area contributed by atoms with Crippen LogP contribution in [0.5, 0.6) is 5.75 Å². The number of thioether (sulfide) groups is 1. The number of nitrogens with one attached hydrogen (secondary N) is 1. The van der Waals surface area contributed by atoms with E-state index in [2.05, 4.69) is 15.5 Å². The molecule has 2 aromatic carbocycles. The summed E-state index contributed by atoms with van der Waals surface area (Å²) in [5, 5.41) is 12.0. The van der Waals surface area contributed by atoms with Crippen molar-refractivity contribution in [1.82, 2.24) is 14.8 Å². The van der Waals surface area contributed by atoms with Gasteiger partial charge in [-0.25, -0.2) is 4.39 Å². The molecule has 3 rings (SSSR count). The number of hydrogen-bond donors (Lipinski definition) is 1. The van der Waals surface area contributed by atoms with Gasteiger partial charge < -0.3 is 14.6 Å². The molecule has 0 aliphatic rings. The van der Waals surface area contributed by atoms with Gasteiger partial charge in [0.2, 0.25) is 5.91 Å². The van der Waals surface area contributed by atoms with Gasteiger partial charge in [-0.05, 0) is 62.2 Å². The largest absolute Gasteiger partial charge is 0.481 e. The fraction of sp³-hybridized carbons (Fsp3) is 0.286. The Morgan fingerprint density at radius 2 is 1.93 bits per heavy atom. The Labute approximate surface area is 183 Å². The monoisotopic (exact) mass is 448 g/mol. The number of anilines is 1.